The quantitative estimate of drug-likeness (QED) is 0.510. The number of anilines is 2. The molecule has 0 aromatic carbocycles. The molecule has 9 nitrogen and oxygen atoms in total. The second-order valence-corrected chi connectivity index (χ2v) is 4.86. The number of nitrogens with one attached hydrogen (secondary N) is 1. The van der Waals surface area contributed by atoms with Crippen molar-refractivity contribution < 1.29 is 13.7 Å². The van der Waals surface area contributed by atoms with Crippen LogP contribution in [0.15, 0.2) is 27.8 Å². The molecule has 2 aromatic heterocycles. The smallest absolute Gasteiger partial charge is 0.400 e. The van der Waals surface area contributed by atoms with E-state index in [4.69, 9.17) is 4.42 Å². The van der Waals surface area contributed by atoms with Crippen LogP contribution in [0.2, 0.25) is 0 Å². The monoisotopic (exact) mass is 320 g/mol. The third kappa shape index (κ3) is 3.42. The Kier molecular flexibility index (Phi) is 4.13. The highest BCUT2D eigenvalue weighted by Crippen LogP contribution is 2.21. The van der Waals surface area contributed by atoms with Gasteiger partial charge in [-0.15, -0.1) is 0 Å². The van der Waals surface area contributed by atoms with Gasteiger partial charge in [-0.2, -0.15) is 10.1 Å². The van der Waals surface area contributed by atoms with Gasteiger partial charge in [-0.05, 0) is 18.9 Å². The van der Waals surface area contributed by atoms with Gasteiger partial charge < -0.3 is 9.32 Å². The number of hydrogen-bond acceptors (Lipinski definition) is 8. The summed E-state index contributed by atoms with van der Waals surface area (Å²) in [4.78, 5) is 19.6. The van der Waals surface area contributed by atoms with E-state index in [0.717, 1.165) is 32.1 Å². The van der Waals surface area contributed by atoms with Crippen molar-refractivity contribution in [2.45, 2.75) is 12.8 Å². The molecule has 2 aromatic rings. The van der Waals surface area contributed by atoms with Crippen molar-refractivity contribution in [3.05, 3.63) is 40.0 Å². The molecular formula is C13H13FN6O3. The largest absolute Gasteiger partial charge is 0.433 e. The second kappa shape index (κ2) is 6.38. The zero-order valence-electron chi connectivity index (χ0n) is 12.0. The van der Waals surface area contributed by atoms with Gasteiger partial charge in [-0.25, -0.2) is 14.8 Å². The average Bonchev–Trinajstić information content (AvgIpc) is 3.20. The van der Waals surface area contributed by atoms with E-state index in [1.54, 1.807) is 0 Å². The fourth-order valence-corrected chi connectivity index (χ4v) is 2.23. The van der Waals surface area contributed by atoms with E-state index < -0.39 is 10.7 Å². The molecule has 1 aliphatic heterocycles. The highest BCUT2D eigenvalue weighted by molar-refractivity contribution is 5.76. The van der Waals surface area contributed by atoms with Gasteiger partial charge in [0.1, 0.15) is 4.92 Å². The topological polar surface area (TPSA) is 110 Å². The number of rotatable bonds is 5. The van der Waals surface area contributed by atoms with Crippen molar-refractivity contribution in [2.24, 2.45) is 5.10 Å². The Morgan fingerprint density at radius 2 is 2.22 bits per heavy atom. The predicted molar refractivity (Wildman–Crippen MR) is 80.0 cm³/mol. The molecule has 3 heterocycles. The molecule has 23 heavy (non-hydrogen) atoms. The van der Waals surface area contributed by atoms with Crippen LogP contribution in [0.5, 0.6) is 0 Å². The molecule has 1 aliphatic rings. The molecule has 0 radical (unpaired) electrons. The summed E-state index contributed by atoms with van der Waals surface area (Å²) in [5.74, 6) is -0.288. The van der Waals surface area contributed by atoms with Crippen LogP contribution in [-0.4, -0.2) is 34.2 Å². The number of nitro groups is 1. The number of aromatic nitrogens is 2. The average molecular weight is 320 g/mol. The summed E-state index contributed by atoms with van der Waals surface area (Å²) in [6.45, 7) is 1.51. The number of hydrogen-bond donors (Lipinski definition) is 1. The molecule has 10 heteroatoms. The van der Waals surface area contributed by atoms with E-state index in [1.807, 2.05) is 4.90 Å². The maximum absolute atomic E-state index is 13.8. The molecule has 3 rings (SSSR count). The van der Waals surface area contributed by atoms with Crippen LogP contribution in [0.25, 0.3) is 0 Å². The van der Waals surface area contributed by atoms with Crippen molar-refractivity contribution in [1.82, 2.24) is 9.97 Å². The van der Waals surface area contributed by atoms with Crippen LogP contribution in [0.4, 0.5) is 22.0 Å². The lowest BCUT2D eigenvalue weighted by Gasteiger charge is -2.16. The zero-order valence-corrected chi connectivity index (χ0v) is 12.0. The summed E-state index contributed by atoms with van der Waals surface area (Å²) in [6, 6.07) is 2.63. The first-order chi connectivity index (χ1) is 11.1. The summed E-state index contributed by atoms with van der Waals surface area (Å²) >= 11 is 0. The SMILES string of the molecule is O=[N+]([O-])c1ccc(C=NNc2ncc(F)c(N3CCCC3)n2)o1. The summed E-state index contributed by atoms with van der Waals surface area (Å²) in [6.07, 6.45) is 4.33. The number of nitrogens with zero attached hydrogens (tertiary/aromatic N) is 5. The van der Waals surface area contributed by atoms with Gasteiger partial charge >= 0.3 is 5.88 Å². The van der Waals surface area contributed by atoms with Crippen LogP contribution < -0.4 is 10.3 Å². The van der Waals surface area contributed by atoms with Crippen LogP contribution in [0.1, 0.15) is 18.6 Å². The lowest BCUT2D eigenvalue weighted by atomic mass is 10.4. The summed E-state index contributed by atoms with van der Waals surface area (Å²) in [7, 11) is 0. The zero-order chi connectivity index (χ0) is 16.2. The van der Waals surface area contributed by atoms with Gasteiger partial charge in [-0.3, -0.25) is 10.1 Å². The summed E-state index contributed by atoms with van der Waals surface area (Å²) in [5, 5.41) is 14.3. The molecule has 1 fully saturated rings. The summed E-state index contributed by atoms with van der Waals surface area (Å²) in [5.41, 5.74) is 2.55. The minimum atomic E-state index is -0.643. The number of halogens is 1. The first kappa shape index (κ1) is 14.9. The van der Waals surface area contributed by atoms with Gasteiger partial charge in [0.15, 0.2) is 17.4 Å². The van der Waals surface area contributed by atoms with E-state index in [2.05, 4.69) is 20.5 Å². The Hall–Kier alpha value is -3.04. The Morgan fingerprint density at radius 3 is 2.91 bits per heavy atom. The van der Waals surface area contributed by atoms with Crippen molar-refractivity contribution >= 4 is 23.9 Å². The number of hydrazone groups is 1. The first-order valence-electron chi connectivity index (χ1n) is 6.94. The maximum atomic E-state index is 13.8. The molecule has 1 saturated heterocycles. The fourth-order valence-electron chi connectivity index (χ4n) is 2.23. The standard InChI is InChI=1S/C13H13FN6O3/c14-10-8-15-13(17-12(10)19-5-1-2-6-19)18-16-7-9-3-4-11(23-9)20(21)22/h3-4,7-8H,1-2,5-6H2,(H,15,17,18). The predicted octanol–water partition coefficient (Wildman–Crippen LogP) is 2.16. The van der Waals surface area contributed by atoms with Crippen molar-refractivity contribution in [1.29, 1.82) is 0 Å². The molecule has 0 spiro atoms. The molecule has 1 N–H and O–H groups in total. The third-order valence-corrected chi connectivity index (χ3v) is 3.28. The highest BCUT2D eigenvalue weighted by Gasteiger charge is 2.18. The lowest BCUT2D eigenvalue weighted by molar-refractivity contribution is -0.402. The first-order valence-corrected chi connectivity index (χ1v) is 6.94. The van der Waals surface area contributed by atoms with Crippen LogP contribution >= 0.6 is 0 Å². The van der Waals surface area contributed by atoms with E-state index in [0.29, 0.717) is 0 Å². The molecule has 0 saturated carbocycles. The minimum absolute atomic E-state index is 0.130. The Balaban J connectivity index is 1.68. The second-order valence-electron chi connectivity index (χ2n) is 4.86. The molecular weight excluding hydrogens is 307 g/mol. The molecule has 0 atom stereocenters. The van der Waals surface area contributed by atoms with E-state index in [1.165, 1.54) is 18.3 Å². The molecule has 120 valence electrons. The lowest BCUT2D eigenvalue weighted by Crippen LogP contribution is -2.21. The van der Waals surface area contributed by atoms with E-state index >= 15 is 0 Å². The minimum Gasteiger partial charge on any atom is -0.400 e. The van der Waals surface area contributed by atoms with Gasteiger partial charge in [-0.1, -0.05) is 0 Å². The van der Waals surface area contributed by atoms with Crippen LogP contribution in [-0.2, 0) is 0 Å². The van der Waals surface area contributed by atoms with Gasteiger partial charge in [0.25, 0.3) is 0 Å². The maximum Gasteiger partial charge on any atom is 0.433 e. The number of furan rings is 1. The Bertz CT molecular complexity index is 741. The van der Waals surface area contributed by atoms with Crippen molar-refractivity contribution in [3.8, 4) is 0 Å². The Morgan fingerprint density at radius 1 is 1.43 bits per heavy atom. The van der Waals surface area contributed by atoms with Crippen molar-refractivity contribution in [2.75, 3.05) is 23.4 Å². The van der Waals surface area contributed by atoms with Gasteiger partial charge in [0, 0.05) is 13.1 Å². The third-order valence-electron chi connectivity index (χ3n) is 3.28. The summed E-state index contributed by atoms with van der Waals surface area (Å²) < 4.78 is 18.7. The van der Waals surface area contributed by atoms with E-state index in [-0.39, 0.29) is 23.4 Å². The van der Waals surface area contributed by atoms with Gasteiger partial charge in [0.2, 0.25) is 5.95 Å². The van der Waals surface area contributed by atoms with E-state index in [9.17, 15) is 14.5 Å². The van der Waals surface area contributed by atoms with Crippen molar-refractivity contribution in [3.63, 3.8) is 0 Å². The molecule has 0 bridgehead atoms. The fraction of sp³-hybridized carbons (Fsp3) is 0.308. The normalized spacial score (nSPS) is 14.6. The van der Waals surface area contributed by atoms with Crippen LogP contribution in [0, 0.1) is 15.9 Å². The Labute approximate surface area is 130 Å². The van der Waals surface area contributed by atoms with Gasteiger partial charge in [0.05, 0.1) is 18.5 Å². The highest BCUT2D eigenvalue weighted by atomic mass is 19.1. The molecule has 0 amide bonds. The van der Waals surface area contributed by atoms with Crippen LogP contribution in [0.3, 0.4) is 0 Å². The molecule has 0 aliphatic carbocycles. The molecule has 0 unspecified atom stereocenters.